The smallest absolute Gasteiger partial charge is 0.161 e. The Balaban J connectivity index is 1.65. The zero-order valence-electron chi connectivity index (χ0n) is 12.3. The van der Waals surface area contributed by atoms with Gasteiger partial charge in [0.1, 0.15) is 6.61 Å². The van der Waals surface area contributed by atoms with Gasteiger partial charge in [-0.2, -0.15) is 0 Å². The Bertz CT molecular complexity index is 564. The Morgan fingerprint density at radius 3 is 2.81 bits per heavy atom. The minimum atomic E-state index is 0.595. The highest BCUT2D eigenvalue weighted by Gasteiger charge is 2.20. The van der Waals surface area contributed by atoms with Gasteiger partial charge in [-0.1, -0.05) is 12.1 Å². The van der Waals surface area contributed by atoms with E-state index in [4.69, 9.17) is 9.47 Å². The van der Waals surface area contributed by atoms with Crippen LogP contribution in [0.5, 0.6) is 11.5 Å². The Hall–Kier alpha value is -1.52. The summed E-state index contributed by atoms with van der Waals surface area (Å²) >= 11 is 1.71. The molecule has 112 valence electrons. The normalized spacial score (nSPS) is 14.1. The summed E-state index contributed by atoms with van der Waals surface area (Å²) in [5.41, 5.74) is 1.24. The van der Waals surface area contributed by atoms with Crippen molar-refractivity contribution in [2.45, 2.75) is 39.0 Å². The first-order valence-corrected chi connectivity index (χ1v) is 8.37. The van der Waals surface area contributed by atoms with Gasteiger partial charge >= 0.3 is 0 Å². The predicted octanol–water partition coefficient (Wildman–Crippen LogP) is 3.98. The van der Waals surface area contributed by atoms with E-state index in [1.807, 2.05) is 19.1 Å². The molecule has 1 fully saturated rings. The van der Waals surface area contributed by atoms with Crippen molar-refractivity contribution in [2.75, 3.05) is 6.61 Å². The van der Waals surface area contributed by atoms with Crippen LogP contribution in [-0.2, 0) is 13.2 Å². The summed E-state index contributed by atoms with van der Waals surface area (Å²) in [7, 11) is 0. The number of nitrogens with one attached hydrogen (secondary N) is 1. The Labute approximate surface area is 129 Å². The monoisotopic (exact) mass is 303 g/mol. The van der Waals surface area contributed by atoms with Crippen LogP contribution in [0.4, 0.5) is 0 Å². The largest absolute Gasteiger partial charge is 0.490 e. The molecule has 1 saturated carbocycles. The minimum Gasteiger partial charge on any atom is -0.490 e. The van der Waals surface area contributed by atoms with Gasteiger partial charge in [0.25, 0.3) is 0 Å². The molecule has 2 aromatic rings. The molecule has 0 bridgehead atoms. The first kappa shape index (κ1) is 14.4. The molecule has 3 nitrogen and oxygen atoms in total. The van der Waals surface area contributed by atoms with Gasteiger partial charge in [-0.25, -0.2) is 0 Å². The first-order chi connectivity index (χ1) is 10.3. The third-order valence-corrected chi connectivity index (χ3v) is 4.28. The van der Waals surface area contributed by atoms with Crippen LogP contribution in [0, 0.1) is 0 Å². The molecule has 0 atom stereocenters. The van der Waals surface area contributed by atoms with Gasteiger partial charge in [-0.05, 0) is 48.9 Å². The van der Waals surface area contributed by atoms with Crippen molar-refractivity contribution in [1.29, 1.82) is 0 Å². The van der Waals surface area contributed by atoms with E-state index >= 15 is 0 Å². The highest BCUT2D eigenvalue weighted by Crippen LogP contribution is 2.30. The van der Waals surface area contributed by atoms with Gasteiger partial charge in [0.15, 0.2) is 11.5 Å². The van der Waals surface area contributed by atoms with E-state index in [0.29, 0.717) is 13.2 Å². The molecule has 1 N–H and O–H groups in total. The summed E-state index contributed by atoms with van der Waals surface area (Å²) in [5, 5.41) is 5.59. The first-order valence-electron chi connectivity index (χ1n) is 7.49. The Morgan fingerprint density at radius 2 is 2.10 bits per heavy atom. The fourth-order valence-corrected chi connectivity index (χ4v) is 2.76. The molecule has 0 unspecified atom stereocenters. The second-order valence-corrected chi connectivity index (χ2v) is 6.27. The van der Waals surface area contributed by atoms with E-state index in [1.165, 1.54) is 23.3 Å². The van der Waals surface area contributed by atoms with Gasteiger partial charge < -0.3 is 14.8 Å². The highest BCUT2D eigenvalue weighted by molar-refractivity contribution is 7.09. The van der Waals surface area contributed by atoms with E-state index in [1.54, 1.807) is 11.3 Å². The second kappa shape index (κ2) is 6.96. The zero-order valence-corrected chi connectivity index (χ0v) is 13.1. The van der Waals surface area contributed by atoms with Crippen molar-refractivity contribution < 1.29 is 9.47 Å². The number of benzene rings is 1. The van der Waals surface area contributed by atoms with Crippen molar-refractivity contribution >= 4 is 11.3 Å². The third kappa shape index (κ3) is 4.22. The summed E-state index contributed by atoms with van der Waals surface area (Å²) < 4.78 is 11.6. The zero-order chi connectivity index (χ0) is 14.5. The molecule has 3 rings (SSSR count). The molecule has 1 aliphatic carbocycles. The van der Waals surface area contributed by atoms with Gasteiger partial charge in [-0.15, -0.1) is 11.3 Å². The van der Waals surface area contributed by atoms with Crippen LogP contribution in [0.25, 0.3) is 0 Å². The van der Waals surface area contributed by atoms with Gasteiger partial charge in [-0.3, -0.25) is 0 Å². The van der Waals surface area contributed by atoms with Crippen molar-refractivity contribution in [3.63, 3.8) is 0 Å². The van der Waals surface area contributed by atoms with Crippen molar-refractivity contribution in [3.05, 3.63) is 46.2 Å². The summed E-state index contributed by atoms with van der Waals surface area (Å²) in [6, 6.07) is 11.1. The van der Waals surface area contributed by atoms with Crippen molar-refractivity contribution in [2.24, 2.45) is 0 Å². The minimum absolute atomic E-state index is 0.595. The lowest BCUT2D eigenvalue weighted by Crippen LogP contribution is -2.15. The lowest BCUT2D eigenvalue weighted by atomic mass is 10.2. The molecule has 4 heteroatoms. The molecule has 0 amide bonds. The SMILES string of the molecule is CCOc1cc(CNC2CC2)ccc1OCc1cccs1. The van der Waals surface area contributed by atoms with Crippen molar-refractivity contribution in [3.8, 4) is 11.5 Å². The second-order valence-electron chi connectivity index (χ2n) is 5.24. The van der Waals surface area contributed by atoms with Crippen LogP contribution in [0.3, 0.4) is 0 Å². The molecule has 1 aliphatic rings. The number of hydrogen-bond acceptors (Lipinski definition) is 4. The van der Waals surface area contributed by atoms with Crippen LogP contribution < -0.4 is 14.8 Å². The fourth-order valence-electron chi connectivity index (χ4n) is 2.14. The van der Waals surface area contributed by atoms with Crippen LogP contribution >= 0.6 is 11.3 Å². The molecule has 0 saturated heterocycles. The lowest BCUT2D eigenvalue weighted by Gasteiger charge is -2.13. The molecule has 1 aromatic heterocycles. The van der Waals surface area contributed by atoms with Gasteiger partial charge in [0, 0.05) is 17.5 Å². The molecule has 21 heavy (non-hydrogen) atoms. The van der Waals surface area contributed by atoms with Gasteiger partial charge in [0.2, 0.25) is 0 Å². The van der Waals surface area contributed by atoms with E-state index in [-0.39, 0.29) is 0 Å². The fraction of sp³-hybridized carbons (Fsp3) is 0.412. The van der Waals surface area contributed by atoms with E-state index in [2.05, 4.69) is 28.9 Å². The number of thiophene rings is 1. The predicted molar refractivity (Wildman–Crippen MR) is 86.1 cm³/mol. The number of ether oxygens (including phenoxy) is 2. The Morgan fingerprint density at radius 1 is 1.19 bits per heavy atom. The maximum Gasteiger partial charge on any atom is 0.161 e. The average Bonchev–Trinajstić information content (AvgIpc) is 3.18. The van der Waals surface area contributed by atoms with Crippen LogP contribution in [-0.4, -0.2) is 12.6 Å². The van der Waals surface area contributed by atoms with E-state index < -0.39 is 0 Å². The summed E-state index contributed by atoms with van der Waals surface area (Å²) in [5.74, 6) is 1.66. The number of hydrogen-bond donors (Lipinski definition) is 1. The topological polar surface area (TPSA) is 30.5 Å². The van der Waals surface area contributed by atoms with E-state index in [9.17, 15) is 0 Å². The standard InChI is InChI=1S/C17H21NO2S/c1-2-19-17-10-13(11-18-14-6-7-14)5-8-16(17)20-12-15-4-3-9-21-15/h3-5,8-10,14,18H,2,6-7,11-12H2,1H3. The van der Waals surface area contributed by atoms with Crippen LogP contribution in [0.2, 0.25) is 0 Å². The molecular weight excluding hydrogens is 282 g/mol. The molecular formula is C17H21NO2S. The lowest BCUT2D eigenvalue weighted by molar-refractivity contribution is 0.271. The molecule has 0 aliphatic heterocycles. The van der Waals surface area contributed by atoms with Gasteiger partial charge in [0.05, 0.1) is 6.61 Å². The summed E-state index contributed by atoms with van der Waals surface area (Å²) in [6.07, 6.45) is 2.61. The van der Waals surface area contributed by atoms with E-state index in [0.717, 1.165) is 24.1 Å². The third-order valence-electron chi connectivity index (χ3n) is 3.43. The maximum atomic E-state index is 5.89. The quantitative estimate of drug-likeness (QED) is 0.800. The average molecular weight is 303 g/mol. The molecule has 0 radical (unpaired) electrons. The molecule has 0 spiro atoms. The summed E-state index contributed by atoms with van der Waals surface area (Å²) in [6.45, 7) is 4.14. The molecule has 1 heterocycles. The van der Waals surface area contributed by atoms with Crippen LogP contribution in [0.1, 0.15) is 30.2 Å². The Kier molecular flexibility index (Phi) is 4.78. The number of rotatable bonds is 8. The van der Waals surface area contributed by atoms with Crippen molar-refractivity contribution in [1.82, 2.24) is 5.32 Å². The maximum absolute atomic E-state index is 5.89. The molecule has 1 aromatic carbocycles. The summed E-state index contributed by atoms with van der Waals surface area (Å²) in [4.78, 5) is 1.22. The highest BCUT2D eigenvalue weighted by atomic mass is 32.1. The van der Waals surface area contributed by atoms with Crippen LogP contribution in [0.15, 0.2) is 35.7 Å².